The van der Waals surface area contributed by atoms with Crippen LogP contribution in [0.1, 0.15) is 11.1 Å². The molecule has 0 N–H and O–H groups in total. The molecule has 1 aliphatic heterocycles. The van der Waals surface area contributed by atoms with E-state index in [4.69, 9.17) is 4.74 Å². The van der Waals surface area contributed by atoms with E-state index in [0.29, 0.717) is 12.4 Å². The van der Waals surface area contributed by atoms with Gasteiger partial charge in [-0.05, 0) is 24.1 Å². The molecule has 0 spiro atoms. The molecule has 1 heterocycles. The molecule has 0 saturated heterocycles. The Balaban J connectivity index is 2.16. The Hall–Kier alpha value is -2.36. The first-order chi connectivity index (χ1) is 8.65. The summed E-state index contributed by atoms with van der Waals surface area (Å²) in [6.07, 6.45) is 0. The molecule has 90 valence electrons. The maximum atomic E-state index is 10.7. The van der Waals surface area contributed by atoms with E-state index in [-0.39, 0.29) is 5.69 Å². The monoisotopic (exact) mass is 241 g/mol. The average Bonchev–Trinajstić information content (AvgIpc) is 2.37. The molecular formula is C14H11NO3. The topological polar surface area (TPSA) is 52.4 Å². The highest BCUT2D eigenvalue weighted by molar-refractivity contribution is 5.76. The van der Waals surface area contributed by atoms with Crippen LogP contribution < -0.4 is 4.74 Å². The molecule has 0 unspecified atom stereocenters. The van der Waals surface area contributed by atoms with Gasteiger partial charge in [-0.25, -0.2) is 0 Å². The molecule has 2 aromatic carbocycles. The summed E-state index contributed by atoms with van der Waals surface area (Å²) in [4.78, 5) is 10.3. The summed E-state index contributed by atoms with van der Waals surface area (Å²) >= 11 is 0. The van der Waals surface area contributed by atoms with E-state index in [2.05, 4.69) is 6.07 Å². The zero-order valence-electron chi connectivity index (χ0n) is 9.84. The van der Waals surface area contributed by atoms with Gasteiger partial charge in [0.1, 0.15) is 12.4 Å². The van der Waals surface area contributed by atoms with Crippen LogP contribution in [0, 0.1) is 17.0 Å². The highest BCUT2D eigenvalue weighted by atomic mass is 16.6. The van der Waals surface area contributed by atoms with Gasteiger partial charge in [-0.15, -0.1) is 0 Å². The van der Waals surface area contributed by atoms with Crippen LogP contribution in [0.3, 0.4) is 0 Å². The van der Waals surface area contributed by atoms with E-state index in [9.17, 15) is 10.1 Å². The van der Waals surface area contributed by atoms with E-state index in [1.165, 1.54) is 17.7 Å². The van der Waals surface area contributed by atoms with Gasteiger partial charge >= 0.3 is 0 Å². The van der Waals surface area contributed by atoms with Gasteiger partial charge < -0.3 is 4.74 Å². The Morgan fingerprint density at radius 1 is 1.17 bits per heavy atom. The van der Waals surface area contributed by atoms with Gasteiger partial charge in [-0.1, -0.05) is 23.8 Å². The summed E-state index contributed by atoms with van der Waals surface area (Å²) in [6.45, 7) is 2.50. The molecule has 0 bridgehead atoms. The first-order valence-corrected chi connectivity index (χ1v) is 5.66. The summed E-state index contributed by atoms with van der Waals surface area (Å²) in [7, 11) is 0. The van der Waals surface area contributed by atoms with E-state index < -0.39 is 4.92 Å². The molecule has 0 atom stereocenters. The lowest BCUT2D eigenvalue weighted by molar-refractivity contribution is -0.384. The molecule has 0 fully saturated rings. The van der Waals surface area contributed by atoms with Crippen molar-refractivity contribution in [1.29, 1.82) is 0 Å². The van der Waals surface area contributed by atoms with Crippen molar-refractivity contribution in [2.45, 2.75) is 13.5 Å². The molecule has 0 aromatic heterocycles. The molecule has 3 rings (SSSR count). The second kappa shape index (κ2) is 3.84. The predicted octanol–water partition coefficient (Wildman–Crippen LogP) is 3.46. The Bertz CT molecular complexity index is 649. The fraction of sp³-hybridized carbons (Fsp3) is 0.143. The van der Waals surface area contributed by atoms with Crippen molar-refractivity contribution in [3.63, 3.8) is 0 Å². The van der Waals surface area contributed by atoms with E-state index in [1.807, 2.05) is 19.1 Å². The molecule has 0 amide bonds. The summed E-state index contributed by atoms with van der Waals surface area (Å²) in [6, 6.07) is 10.9. The van der Waals surface area contributed by atoms with Gasteiger partial charge in [0.2, 0.25) is 0 Å². The van der Waals surface area contributed by atoms with E-state index in [0.717, 1.165) is 16.7 Å². The van der Waals surface area contributed by atoms with Crippen molar-refractivity contribution in [3.05, 3.63) is 57.6 Å². The molecule has 0 saturated carbocycles. The number of fused-ring (bicyclic) bond motifs is 3. The molecule has 4 heteroatoms. The molecular weight excluding hydrogens is 230 g/mol. The number of nitrogens with zero attached hydrogens (tertiary/aromatic N) is 1. The van der Waals surface area contributed by atoms with Crippen LogP contribution in [0.5, 0.6) is 5.75 Å². The summed E-state index contributed by atoms with van der Waals surface area (Å²) in [5.41, 5.74) is 4.38. The SMILES string of the molecule is Cc1ccc2c(c1)COc1cc([N+](=O)[O-])ccc1-2. The molecule has 2 aromatic rings. The fourth-order valence-electron chi connectivity index (χ4n) is 2.23. The van der Waals surface area contributed by atoms with Crippen LogP contribution in [-0.2, 0) is 6.61 Å². The maximum absolute atomic E-state index is 10.7. The maximum Gasteiger partial charge on any atom is 0.273 e. The molecule has 18 heavy (non-hydrogen) atoms. The first kappa shape index (κ1) is 10.8. The standard InChI is InChI=1S/C14H11NO3/c1-9-2-4-12-10(6-9)8-18-14-7-11(15(16)17)3-5-13(12)14/h2-7H,8H2,1H3. The van der Waals surface area contributed by atoms with Gasteiger partial charge in [0.15, 0.2) is 0 Å². The summed E-state index contributed by atoms with van der Waals surface area (Å²) in [5, 5.41) is 10.7. The zero-order valence-corrected chi connectivity index (χ0v) is 9.84. The Morgan fingerprint density at radius 3 is 2.72 bits per heavy atom. The van der Waals surface area contributed by atoms with Crippen molar-refractivity contribution in [2.24, 2.45) is 0 Å². The van der Waals surface area contributed by atoms with Crippen molar-refractivity contribution in [2.75, 3.05) is 0 Å². The third-order valence-electron chi connectivity index (χ3n) is 3.11. The minimum Gasteiger partial charge on any atom is -0.488 e. The minimum absolute atomic E-state index is 0.0595. The Labute approximate surface area is 104 Å². The largest absolute Gasteiger partial charge is 0.488 e. The van der Waals surface area contributed by atoms with Crippen LogP contribution in [0.15, 0.2) is 36.4 Å². The number of ether oxygens (including phenoxy) is 1. The normalized spacial score (nSPS) is 12.3. The molecule has 4 nitrogen and oxygen atoms in total. The van der Waals surface area contributed by atoms with Crippen molar-refractivity contribution in [1.82, 2.24) is 0 Å². The van der Waals surface area contributed by atoms with Gasteiger partial charge in [-0.3, -0.25) is 10.1 Å². The van der Waals surface area contributed by atoms with E-state index in [1.54, 1.807) is 6.07 Å². The van der Waals surface area contributed by atoms with Crippen molar-refractivity contribution >= 4 is 5.69 Å². The number of rotatable bonds is 1. The van der Waals surface area contributed by atoms with Gasteiger partial charge in [0.25, 0.3) is 5.69 Å². The second-order valence-electron chi connectivity index (χ2n) is 4.39. The number of aryl methyl sites for hydroxylation is 1. The number of non-ortho nitro benzene ring substituents is 1. The number of hydrogen-bond donors (Lipinski definition) is 0. The highest BCUT2D eigenvalue weighted by Crippen LogP contribution is 2.39. The predicted molar refractivity (Wildman–Crippen MR) is 67.6 cm³/mol. The summed E-state index contributed by atoms with van der Waals surface area (Å²) in [5.74, 6) is 0.584. The number of nitro benzene ring substituents is 1. The zero-order chi connectivity index (χ0) is 12.7. The second-order valence-corrected chi connectivity index (χ2v) is 4.39. The van der Waals surface area contributed by atoms with Crippen molar-refractivity contribution in [3.8, 4) is 16.9 Å². The van der Waals surface area contributed by atoms with Gasteiger partial charge in [0.05, 0.1) is 11.0 Å². The highest BCUT2D eigenvalue weighted by Gasteiger charge is 2.19. The third-order valence-corrected chi connectivity index (χ3v) is 3.11. The molecule has 0 aliphatic carbocycles. The smallest absolute Gasteiger partial charge is 0.273 e. The van der Waals surface area contributed by atoms with Gasteiger partial charge in [0, 0.05) is 11.6 Å². The quantitative estimate of drug-likeness (QED) is 0.567. The van der Waals surface area contributed by atoms with Crippen LogP contribution in [-0.4, -0.2) is 4.92 Å². The average molecular weight is 241 g/mol. The number of benzene rings is 2. The Kier molecular flexibility index (Phi) is 2.30. The lowest BCUT2D eigenvalue weighted by atomic mass is 9.95. The van der Waals surface area contributed by atoms with Crippen LogP contribution in [0.25, 0.3) is 11.1 Å². The molecule has 0 radical (unpaired) electrons. The van der Waals surface area contributed by atoms with Crippen molar-refractivity contribution < 1.29 is 9.66 Å². The number of nitro groups is 1. The molecule has 1 aliphatic rings. The van der Waals surface area contributed by atoms with Crippen LogP contribution in [0.4, 0.5) is 5.69 Å². The van der Waals surface area contributed by atoms with Crippen LogP contribution in [0.2, 0.25) is 0 Å². The van der Waals surface area contributed by atoms with E-state index >= 15 is 0 Å². The Morgan fingerprint density at radius 2 is 1.94 bits per heavy atom. The fourth-order valence-corrected chi connectivity index (χ4v) is 2.23. The number of hydrogen-bond acceptors (Lipinski definition) is 3. The van der Waals surface area contributed by atoms with Gasteiger partial charge in [-0.2, -0.15) is 0 Å². The summed E-state index contributed by atoms with van der Waals surface area (Å²) < 4.78 is 5.59. The third kappa shape index (κ3) is 1.62. The lowest BCUT2D eigenvalue weighted by Crippen LogP contribution is -2.06. The first-order valence-electron chi connectivity index (χ1n) is 5.66. The lowest BCUT2D eigenvalue weighted by Gasteiger charge is -2.20. The minimum atomic E-state index is -0.408. The van der Waals surface area contributed by atoms with Crippen LogP contribution >= 0.6 is 0 Å².